The highest BCUT2D eigenvalue weighted by Crippen LogP contribution is 2.39. The van der Waals surface area contributed by atoms with Gasteiger partial charge < -0.3 is 14.8 Å². The smallest absolute Gasteiger partial charge is 0.341 e. The number of esters is 2. The minimum absolute atomic E-state index is 0.336. The van der Waals surface area contributed by atoms with Crippen LogP contribution in [0, 0.1) is 0 Å². The second kappa shape index (κ2) is 10.5. The molecule has 0 unspecified atom stereocenters. The summed E-state index contributed by atoms with van der Waals surface area (Å²) in [7, 11) is -2.59. The first-order valence-corrected chi connectivity index (χ1v) is 12.1. The van der Waals surface area contributed by atoms with Gasteiger partial charge in [-0.05, 0) is 36.5 Å². The van der Waals surface area contributed by atoms with E-state index in [0.717, 1.165) is 35.1 Å². The minimum Gasteiger partial charge on any atom is -0.465 e. The number of amides is 1. The van der Waals surface area contributed by atoms with E-state index in [1.54, 1.807) is 30.3 Å². The number of nitrogens with one attached hydrogen (secondary N) is 2. The number of sulfonamides is 1. The van der Waals surface area contributed by atoms with E-state index in [4.69, 9.17) is 9.47 Å². The number of benzene rings is 1. The average molecular weight is 479 g/mol. The summed E-state index contributed by atoms with van der Waals surface area (Å²) < 4.78 is 35.6. The SMILES string of the molecule is COC(=O)c1c(NC(=O)COC(=O)CNS(=O)(=O)C=Cc2ccccc2)sc2c1CCC2. The monoisotopic (exact) mass is 478 g/mol. The zero-order valence-corrected chi connectivity index (χ0v) is 18.9. The molecule has 0 bridgehead atoms. The number of thiophene rings is 1. The van der Waals surface area contributed by atoms with Gasteiger partial charge in [-0.1, -0.05) is 30.3 Å². The summed E-state index contributed by atoms with van der Waals surface area (Å²) in [5, 5.41) is 3.87. The molecule has 32 heavy (non-hydrogen) atoms. The Morgan fingerprint density at radius 2 is 1.91 bits per heavy atom. The number of fused-ring (bicyclic) bond motifs is 1. The maximum atomic E-state index is 12.2. The molecule has 1 aromatic heterocycles. The van der Waals surface area contributed by atoms with E-state index < -0.39 is 41.0 Å². The summed E-state index contributed by atoms with van der Waals surface area (Å²) in [4.78, 5) is 37.1. The lowest BCUT2D eigenvalue weighted by molar-refractivity contribution is -0.146. The third kappa shape index (κ3) is 6.25. The quantitative estimate of drug-likeness (QED) is 0.528. The number of rotatable bonds is 9. The average Bonchev–Trinajstić information content (AvgIpc) is 3.36. The molecule has 9 nitrogen and oxygen atoms in total. The van der Waals surface area contributed by atoms with Crippen LogP contribution in [0.4, 0.5) is 5.00 Å². The summed E-state index contributed by atoms with van der Waals surface area (Å²) in [5.41, 5.74) is 1.90. The van der Waals surface area contributed by atoms with Crippen LogP contribution in [-0.4, -0.2) is 46.5 Å². The van der Waals surface area contributed by atoms with E-state index in [2.05, 4.69) is 10.0 Å². The second-order valence-corrected chi connectivity index (χ2v) is 9.60. The van der Waals surface area contributed by atoms with Gasteiger partial charge in [0.15, 0.2) is 6.61 Å². The highest BCUT2D eigenvalue weighted by Gasteiger charge is 2.28. The van der Waals surface area contributed by atoms with Gasteiger partial charge in [0.1, 0.15) is 11.5 Å². The van der Waals surface area contributed by atoms with Crippen molar-refractivity contribution >= 4 is 50.3 Å². The summed E-state index contributed by atoms with van der Waals surface area (Å²) in [6, 6.07) is 8.79. The Hall–Kier alpha value is -3.02. The van der Waals surface area contributed by atoms with Crippen molar-refractivity contribution in [1.82, 2.24) is 4.72 Å². The van der Waals surface area contributed by atoms with E-state index in [9.17, 15) is 22.8 Å². The molecule has 0 spiro atoms. The maximum absolute atomic E-state index is 12.2. The molecule has 0 saturated heterocycles. The number of aryl methyl sites for hydroxylation is 1. The van der Waals surface area contributed by atoms with Crippen LogP contribution < -0.4 is 10.0 Å². The number of carbonyl (C=O) groups is 3. The van der Waals surface area contributed by atoms with Crippen molar-refractivity contribution in [3.63, 3.8) is 0 Å². The molecular formula is C21H22N2O7S2. The lowest BCUT2D eigenvalue weighted by Crippen LogP contribution is -2.31. The summed E-state index contributed by atoms with van der Waals surface area (Å²) in [6.07, 6.45) is 3.89. The Morgan fingerprint density at radius 1 is 1.16 bits per heavy atom. The van der Waals surface area contributed by atoms with E-state index in [-0.39, 0.29) is 0 Å². The van der Waals surface area contributed by atoms with Crippen molar-refractivity contribution in [1.29, 1.82) is 0 Å². The van der Waals surface area contributed by atoms with Crippen LogP contribution in [0.15, 0.2) is 35.7 Å². The topological polar surface area (TPSA) is 128 Å². The van der Waals surface area contributed by atoms with E-state index in [0.29, 0.717) is 16.1 Å². The first-order chi connectivity index (χ1) is 15.3. The molecule has 1 aliphatic carbocycles. The van der Waals surface area contributed by atoms with Gasteiger partial charge in [0.2, 0.25) is 10.0 Å². The van der Waals surface area contributed by atoms with Crippen LogP contribution in [0.5, 0.6) is 0 Å². The van der Waals surface area contributed by atoms with Crippen LogP contribution >= 0.6 is 11.3 Å². The predicted molar refractivity (Wildman–Crippen MR) is 120 cm³/mol. The number of hydrogen-bond donors (Lipinski definition) is 2. The molecule has 0 saturated carbocycles. The summed E-state index contributed by atoms with van der Waals surface area (Å²) in [6.45, 7) is -1.25. The zero-order valence-electron chi connectivity index (χ0n) is 17.3. The molecule has 0 fully saturated rings. The van der Waals surface area contributed by atoms with Gasteiger partial charge in [-0.25, -0.2) is 17.9 Å². The van der Waals surface area contributed by atoms with Crippen molar-refractivity contribution in [2.24, 2.45) is 0 Å². The van der Waals surface area contributed by atoms with E-state index >= 15 is 0 Å². The Kier molecular flexibility index (Phi) is 7.78. The third-order valence-electron chi connectivity index (χ3n) is 4.58. The van der Waals surface area contributed by atoms with Gasteiger partial charge in [0.05, 0.1) is 12.7 Å². The molecule has 0 aliphatic heterocycles. The predicted octanol–water partition coefficient (Wildman–Crippen LogP) is 2.10. The molecule has 0 atom stereocenters. The number of anilines is 1. The summed E-state index contributed by atoms with van der Waals surface area (Å²) >= 11 is 1.30. The maximum Gasteiger partial charge on any atom is 0.341 e. The number of ether oxygens (including phenoxy) is 2. The Morgan fingerprint density at radius 3 is 2.62 bits per heavy atom. The fraction of sp³-hybridized carbons (Fsp3) is 0.286. The highest BCUT2D eigenvalue weighted by molar-refractivity contribution is 7.92. The number of carbonyl (C=O) groups excluding carboxylic acids is 3. The lowest BCUT2D eigenvalue weighted by atomic mass is 10.1. The molecule has 1 heterocycles. The second-order valence-electron chi connectivity index (χ2n) is 6.84. The third-order valence-corrected chi connectivity index (χ3v) is 6.83. The molecule has 1 aromatic carbocycles. The van der Waals surface area contributed by atoms with Gasteiger partial charge >= 0.3 is 11.9 Å². The first kappa shape index (κ1) is 23.6. The Balaban J connectivity index is 1.49. The lowest BCUT2D eigenvalue weighted by Gasteiger charge is -2.08. The summed E-state index contributed by atoms with van der Waals surface area (Å²) in [5.74, 6) is -2.09. The molecular weight excluding hydrogens is 456 g/mol. The largest absolute Gasteiger partial charge is 0.465 e. The van der Waals surface area contributed by atoms with Crippen molar-refractivity contribution in [2.75, 3.05) is 25.6 Å². The molecule has 11 heteroatoms. The molecule has 0 radical (unpaired) electrons. The standard InChI is InChI=1S/C21H22N2O7S2/c1-29-21(26)19-15-8-5-9-16(15)31-20(19)23-17(24)13-30-18(25)12-22-32(27,28)11-10-14-6-3-2-4-7-14/h2-4,6-7,10-11,22H,5,8-9,12-13H2,1H3,(H,23,24). The van der Waals surface area contributed by atoms with Crippen LogP contribution in [0.25, 0.3) is 6.08 Å². The molecule has 1 aliphatic rings. The number of methoxy groups -OCH3 is 1. The molecule has 170 valence electrons. The van der Waals surface area contributed by atoms with Crippen LogP contribution in [-0.2, 0) is 41.9 Å². The zero-order chi connectivity index (χ0) is 23.1. The van der Waals surface area contributed by atoms with E-state index in [1.165, 1.54) is 24.5 Å². The van der Waals surface area contributed by atoms with Crippen molar-refractivity contribution in [3.8, 4) is 0 Å². The van der Waals surface area contributed by atoms with Crippen molar-refractivity contribution < 1.29 is 32.3 Å². The van der Waals surface area contributed by atoms with E-state index in [1.807, 2.05) is 0 Å². The van der Waals surface area contributed by atoms with Gasteiger partial charge in [0, 0.05) is 10.3 Å². The van der Waals surface area contributed by atoms with Crippen LogP contribution in [0.3, 0.4) is 0 Å². The van der Waals surface area contributed by atoms with Crippen LogP contribution in [0.2, 0.25) is 0 Å². The highest BCUT2D eigenvalue weighted by atomic mass is 32.2. The van der Waals surface area contributed by atoms with Gasteiger partial charge in [0.25, 0.3) is 5.91 Å². The molecule has 3 rings (SSSR count). The number of hydrogen-bond acceptors (Lipinski definition) is 8. The van der Waals surface area contributed by atoms with Gasteiger partial charge in [-0.15, -0.1) is 11.3 Å². The molecule has 1 amide bonds. The van der Waals surface area contributed by atoms with Gasteiger partial charge in [-0.3, -0.25) is 9.59 Å². The normalized spacial score (nSPS) is 13.0. The Labute approximate surface area is 189 Å². The van der Waals surface area contributed by atoms with Gasteiger partial charge in [-0.2, -0.15) is 0 Å². The Bertz CT molecular complexity index is 1140. The fourth-order valence-electron chi connectivity index (χ4n) is 3.11. The molecule has 2 N–H and O–H groups in total. The first-order valence-electron chi connectivity index (χ1n) is 9.70. The fourth-order valence-corrected chi connectivity index (χ4v) is 5.16. The van der Waals surface area contributed by atoms with Crippen molar-refractivity contribution in [3.05, 3.63) is 57.3 Å². The van der Waals surface area contributed by atoms with Crippen molar-refractivity contribution in [2.45, 2.75) is 19.3 Å². The minimum atomic E-state index is -3.86. The van der Waals surface area contributed by atoms with Crippen LogP contribution in [0.1, 0.15) is 32.8 Å². The molecule has 2 aromatic rings.